The molecular weight excluding hydrogens is 259 g/mol. The predicted octanol–water partition coefficient (Wildman–Crippen LogP) is 2.61. The highest BCUT2D eigenvalue weighted by molar-refractivity contribution is 5.22. The van der Waals surface area contributed by atoms with E-state index in [0.29, 0.717) is 0 Å². The van der Waals surface area contributed by atoms with E-state index in [1.165, 1.54) is 0 Å². The van der Waals surface area contributed by atoms with Gasteiger partial charge in [0.2, 0.25) is 5.89 Å². The van der Waals surface area contributed by atoms with Gasteiger partial charge in [0.15, 0.2) is 5.82 Å². The fourth-order valence-electron chi connectivity index (χ4n) is 1.55. The first kappa shape index (κ1) is 13.5. The maximum Gasteiger partial charge on any atom is 0.389 e. The third kappa shape index (κ3) is 3.78. The maximum absolute atomic E-state index is 12.1. The molecule has 1 unspecified atom stereocenters. The van der Waals surface area contributed by atoms with Crippen molar-refractivity contribution in [2.24, 2.45) is 5.73 Å². The van der Waals surface area contributed by atoms with Gasteiger partial charge in [-0.15, -0.1) is 0 Å². The van der Waals surface area contributed by atoms with Crippen LogP contribution in [-0.2, 0) is 6.42 Å². The summed E-state index contributed by atoms with van der Waals surface area (Å²) in [5.74, 6) is 0.127. The summed E-state index contributed by atoms with van der Waals surface area (Å²) in [5.41, 5.74) is 6.65. The first-order chi connectivity index (χ1) is 8.96. The van der Waals surface area contributed by atoms with Crippen LogP contribution in [-0.4, -0.2) is 16.3 Å². The minimum absolute atomic E-state index is 0.0127. The summed E-state index contributed by atoms with van der Waals surface area (Å²) in [6, 6.07) is 8.37. The number of rotatable bonds is 4. The van der Waals surface area contributed by atoms with Crippen molar-refractivity contribution >= 4 is 0 Å². The van der Waals surface area contributed by atoms with Crippen LogP contribution in [0, 0.1) is 0 Å². The number of hydrogen-bond donors (Lipinski definition) is 1. The molecule has 0 saturated heterocycles. The Balaban J connectivity index is 2.05. The molecule has 1 heterocycles. The summed E-state index contributed by atoms with van der Waals surface area (Å²) in [6.07, 6.45) is -5.52. The molecule has 2 rings (SSSR count). The number of alkyl halides is 3. The Hall–Kier alpha value is -1.89. The molecule has 1 atom stereocenters. The number of hydrogen-bond acceptors (Lipinski definition) is 4. The Kier molecular flexibility index (Phi) is 3.84. The zero-order valence-corrected chi connectivity index (χ0v) is 9.89. The van der Waals surface area contributed by atoms with Gasteiger partial charge in [-0.1, -0.05) is 35.5 Å². The smallest absolute Gasteiger partial charge is 0.337 e. The number of nitrogens with zero attached hydrogens (tertiary/aromatic N) is 2. The number of nitrogens with two attached hydrogens (primary N) is 1. The van der Waals surface area contributed by atoms with Crippen molar-refractivity contribution in [2.75, 3.05) is 0 Å². The van der Waals surface area contributed by atoms with Gasteiger partial charge in [0.1, 0.15) is 6.04 Å². The SMILES string of the molecule is NC(c1ccccc1)c1nc(CCC(F)(F)F)no1. The number of benzene rings is 1. The third-order valence-corrected chi connectivity index (χ3v) is 2.54. The number of aryl methyl sites for hydroxylation is 1. The lowest BCUT2D eigenvalue weighted by Gasteiger charge is -2.05. The summed E-state index contributed by atoms with van der Waals surface area (Å²) in [6.45, 7) is 0. The van der Waals surface area contributed by atoms with Gasteiger partial charge in [0, 0.05) is 6.42 Å². The molecule has 0 radical (unpaired) electrons. The molecule has 102 valence electrons. The summed E-state index contributed by atoms with van der Waals surface area (Å²) in [4.78, 5) is 3.89. The topological polar surface area (TPSA) is 64.9 Å². The number of aromatic nitrogens is 2. The molecule has 1 aromatic heterocycles. The Bertz CT molecular complexity index is 525. The van der Waals surface area contributed by atoms with Crippen molar-refractivity contribution in [3.8, 4) is 0 Å². The molecule has 0 aliphatic rings. The van der Waals surface area contributed by atoms with Crippen LogP contribution in [0.3, 0.4) is 0 Å². The van der Waals surface area contributed by atoms with Crippen LogP contribution in [0.15, 0.2) is 34.9 Å². The van der Waals surface area contributed by atoms with Gasteiger partial charge >= 0.3 is 6.18 Å². The molecule has 0 bridgehead atoms. The maximum atomic E-state index is 12.1. The van der Waals surface area contributed by atoms with E-state index < -0.39 is 18.6 Å². The highest BCUT2D eigenvalue weighted by Crippen LogP contribution is 2.22. The van der Waals surface area contributed by atoms with Crippen LogP contribution in [0.4, 0.5) is 13.2 Å². The molecule has 2 N–H and O–H groups in total. The van der Waals surface area contributed by atoms with Crippen LogP contribution in [0.25, 0.3) is 0 Å². The van der Waals surface area contributed by atoms with Crippen LogP contribution in [0.5, 0.6) is 0 Å². The van der Waals surface area contributed by atoms with Gasteiger partial charge in [0.25, 0.3) is 0 Å². The van der Waals surface area contributed by atoms with Crippen molar-refractivity contribution in [1.82, 2.24) is 10.1 Å². The molecule has 0 amide bonds. The van der Waals surface area contributed by atoms with Crippen molar-refractivity contribution in [3.63, 3.8) is 0 Å². The monoisotopic (exact) mass is 271 g/mol. The summed E-state index contributed by atoms with van der Waals surface area (Å²) in [5, 5.41) is 3.50. The Morgan fingerprint density at radius 3 is 2.53 bits per heavy atom. The Morgan fingerprint density at radius 2 is 1.89 bits per heavy atom. The standard InChI is InChI=1S/C12H12F3N3O/c13-12(14,15)7-6-9-17-11(19-18-9)10(16)8-4-2-1-3-5-8/h1-5,10H,6-7,16H2. The van der Waals surface area contributed by atoms with E-state index in [1.54, 1.807) is 24.3 Å². The van der Waals surface area contributed by atoms with E-state index in [-0.39, 0.29) is 18.1 Å². The van der Waals surface area contributed by atoms with E-state index >= 15 is 0 Å². The van der Waals surface area contributed by atoms with Gasteiger partial charge in [-0.3, -0.25) is 0 Å². The molecule has 19 heavy (non-hydrogen) atoms. The Labute approximate surface area is 107 Å². The van der Waals surface area contributed by atoms with E-state index in [4.69, 9.17) is 10.3 Å². The molecule has 2 aromatic rings. The van der Waals surface area contributed by atoms with Crippen LogP contribution >= 0.6 is 0 Å². The van der Waals surface area contributed by atoms with Crippen molar-refractivity contribution in [2.45, 2.75) is 25.1 Å². The summed E-state index contributed by atoms with van der Waals surface area (Å²) >= 11 is 0. The van der Waals surface area contributed by atoms with Crippen LogP contribution < -0.4 is 5.73 Å². The predicted molar refractivity (Wildman–Crippen MR) is 61.1 cm³/mol. The second-order valence-corrected chi connectivity index (χ2v) is 4.05. The van der Waals surface area contributed by atoms with Gasteiger partial charge < -0.3 is 10.3 Å². The van der Waals surface area contributed by atoms with Crippen molar-refractivity contribution < 1.29 is 17.7 Å². The molecule has 1 aromatic carbocycles. The lowest BCUT2D eigenvalue weighted by molar-refractivity contribution is -0.134. The van der Waals surface area contributed by atoms with E-state index in [9.17, 15) is 13.2 Å². The largest absolute Gasteiger partial charge is 0.389 e. The van der Waals surface area contributed by atoms with E-state index in [1.807, 2.05) is 6.07 Å². The average Bonchev–Trinajstić information content (AvgIpc) is 2.84. The number of halogens is 3. The fourth-order valence-corrected chi connectivity index (χ4v) is 1.55. The van der Waals surface area contributed by atoms with Gasteiger partial charge in [-0.2, -0.15) is 18.2 Å². The highest BCUT2D eigenvalue weighted by Gasteiger charge is 2.28. The van der Waals surface area contributed by atoms with Crippen LogP contribution in [0.1, 0.15) is 29.7 Å². The quantitative estimate of drug-likeness (QED) is 0.928. The van der Waals surface area contributed by atoms with Crippen LogP contribution in [0.2, 0.25) is 0 Å². The lowest BCUT2D eigenvalue weighted by Crippen LogP contribution is -2.12. The Morgan fingerprint density at radius 1 is 1.21 bits per heavy atom. The third-order valence-electron chi connectivity index (χ3n) is 2.54. The fraction of sp³-hybridized carbons (Fsp3) is 0.333. The first-order valence-corrected chi connectivity index (χ1v) is 5.65. The molecule has 0 fully saturated rings. The minimum Gasteiger partial charge on any atom is -0.337 e. The highest BCUT2D eigenvalue weighted by atomic mass is 19.4. The minimum atomic E-state index is -4.23. The van der Waals surface area contributed by atoms with E-state index in [0.717, 1.165) is 5.56 Å². The van der Waals surface area contributed by atoms with Crippen molar-refractivity contribution in [3.05, 3.63) is 47.6 Å². The second-order valence-electron chi connectivity index (χ2n) is 4.05. The lowest BCUT2D eigenvalue weighted by atomic mass is 10.1. The molecule has 0 aliphatic heterocycles. The van der Waals surface area contributed by atoms with Crippen molar-refractivity contribution in [1.29, 1.82) is 0 Å². The first-order valence-electron chi connectivity index (χ1n) is 5.65. The molecule has 0 saturated carbocycles. The molecular formula is C12H12F3N3O. The zero-order chi connectivity index (χ0) is 13.9. The summed E-state index contributed by atoms with van der Waals surface area (Å²) in [7, 11) is 0. The molecule has 0 aliphatic carbocycles. The zero-order valence-electron chi connectivity index (χ0n) is 9.89. The summed E-state index contributed by atoms with van der Waals surface area (Å²) < 4.78 is 41.1. The normalized spacial score (nSPS) is 13.5. The molecule has 4 nitrogen and oxygen atoms in total. The average molecular weight is 271 g/mol. The molecule has 7 heteroatoms. The second kappa shape index (κ2) is 5.40. The van der Waals surface area contributed by atoms with Gasteiger partial charge in [0.05, 0.1) is 6.42 Å². The molecule has 0 spiro atoms. The van der Waals surface area contributed by atoms with Gasteiger partial charge in [-0.25, -0.2) is 0 Å². The van der Waals surface area contributed by atoms with Gasteiger partial charge in [-0.05, 0) is 5.56 Å². The van der Waals surface area contributed by atoms with E-state index in [2.05, 4.69) is 10.1 Å².